The molecule has 4 aromatic rings. The molecule has 0 aliphatic carbocycles. The fraction of sp³-hybridized carbons (Fsp3) is 0.0769. The molecule has 0 radical (unpaired) electrons. The van der Waals surface area contributed by atoms with Gasteiger partial charge in [-0.1, -0.05) is 36.9 Å². The molecule has 4 rings (SSSR count). The third kappa shape index (κ3) is 4.87. The Bertz CT molecular complexity index is 1390. The minimum absolute atomic E-state index is 0.0318. The highest BCUT2D eigenvalue weighted by Gasteiger charge is 2.17. The Balaban J connectivity index is 1.75. The maximum atomic E-state index is 11.6. The quantitative estimate of drug-likeness (QED) is 0.183. The number of anilines is 1. The van der Waals surface area contributed by atoms with Gasteiger partial charge in [0.25, 0.3) is 0 Å². The van der Waals surface area contributed by atoms with Crippen LogP contribution < -0.4 is 15.8 Å². The van der Waals surface area contributed by atoms with Crippen molar-refractivity contribution in [3.05, 3.63) is 88.9 Å². The highest BCUT2D eigenvalue weighted by molar-refractivity contribution is 7.09. The molecule has 34 heavy (non-hydrogen) atoms. The number of pyridine rings is 1. The van der Waals surface area contributed by atoms with Crippen LogP contribution in [0.15, 0.2) is 72.8 Å². The van der Waals surface area contributed by atoms with Crippen LogP contribution in [0.3, 0.4) is 0 Å². The molecular weight excluding hydrogens is 446 g/mol. The fourth-order valence-electron chi connectivity index (χ4n) is 3.60. The van der Waals surface area contributed by atoms with Crippen molar-refractivity contribution in [1.82, 2.24) is 9.97 Å². The molecule has 4 N–H and O–H groups in total. The summed E-state index contributed by atoms with van der Waals surface area (Å²) < 4.78 is 5.84. The molecule has 0 aliphatic rings. The van der Waals surface area contributed by atoms with Crippen LogP contribution in [0.2, 0.25) is 0 Å². The summed E-state index contributed by atoms with van der Waals surface area (Å²) >= 11 is 1.53. The predicted octanol–water partition coefficient (Wildman–Crippen LogP) is 5.69. The van der Waals surface area contributed by atoms with Crippen LogP contribution in [0.1, 0.15) is 16.1 Å². The first-order valence-corrected chi connectivity index (χ1v) is 11.3. The van der Waals surface area contributed by atoms with Crippen molar-refractivity contribution in [1.29, 1.82) is 5.41 Å². The highest BCUT2D eigenvalue weighted by Crippen LogP contribution is 2.37. The molecule has 0 unspecified atom stereocenters. The molecule has 0 aliphatic heterocycles. The van der Waals surface area contributed by atoms with Crippen LogP contribution in [-0.4, -0.2) is 21.7 Å². The number of nitrogen functional groups attached to an aromatic ring is 1. The van der Waals surface area contributed by atoms with E-state index in [2.05, 4.69) is 21.9 Å². The lowest BCUT2D eigenvalue weighted by Crippen LogP contribution is -2.13. The number of nitrogens with zero attached hydrogens (tertiary/aromatic N) is 2. The van der Waals surface area contributed by atoms with Crippen LogP contribution in [0.5, 0.6) is 11.6 Å². The molecule has 2 heterocycles. The number of ether oxygens (including phenoxy) is 1. The van der Waals surface area contributed by atoms with Crippen LogP contribution in [0.4, 0.5) is 5.82 Å². The molecule has 7 nitrogen and oxygen atoms in total. The fourth-order valence-corrected chi connectivity index (χ4v) is 4.11. The first-order chi connectivity index (χ1) is 16.4. The smallest absolute Gasteiger partial charge is 0.248 e. The summed E-state index contributed by atoms with van der Waals surface area (Å²) in [5, 5.41) is 13.6. The second kappa shape index (κ2) is 9.68. The molecule has 0 saturated carbocycles. The normalized spacial score (nSPS) is 10.5. The number of thiazole rings is 1. The molecule has 0 saturated heterocycles. The summed E-state index contributed by atoms with van der Waals surface area (Å²) in [5.74, 6) is 1.31. The van der Waals surface area contributed by atoms with Gasteiger partial charge in [-0.2, -0.15) is 0 Å². The lowest BCUT2D eigenvalue weighted by Gasteiger charge is -2.17. The van der Waals surface area contributed by atoms with E-state index in [0.717, 1.165) is 32.8 Å². The van der Waals surface area contributed by atoms with Crippen LogP contribution >= 0.6 is 11.3 Å². The maximum Gasteiger partial charge on any atom is 0.248 e. The van der Waals surface area contributed by atoms with E-state index in [4.69, 9.17) is 15.9 Å². The van der Waals surface area contributed by atoms with Gasteiger partial charge in [0.15, 0.2) is 0 Å². The molecule has 2 aromatic heterocycles. The number of hydrogen-bond acceptors (Lipinski definition) is 6. The zero-order valence-corrected chi connectivity index (χ0v) is 19.6. The Morgan fingerprint density at radius 2 is 1.94 bits per heavy atom. The van der Waals surface area contributed by atoms with Gasteiger partial charge in [-0.3, -0.25) is 10.2 Å². The van der Waals surface area contributed by atoms with Crippen molar-refractivity contribution in [2.45, 2.75) is 13.8 Å². The van der Waals surface area contributed by atoms with Gasteiger partial charge in [0.1, 0.15) is 17.4 Å². The summed E-state index contributed by atoms with van der Waals surface area (Å²) in [6, 6.07) is 15.1. The van der Waals surface area contributed by atoms with Crippen molar-refractivity contribution in [3.63, 3.8) is 0 Å². The van der Waals surface area contributed by atoms with Gasteiger partial charge in [0.2, 0.25) is 11.8 Å². The number of amidine groups is 1. The van der Waals surface area contributed by atoms with E-state index in [-0.39, 0.29) is 11.7 Å². The van der Waals surface area contributed by atoms with Crippen LogP contribution in [-0.2, 0) is 4.79 Å². The van der Waals surface area contributed by atoms with E-state index in [1.807, 2.05) is 61.7 Å². The van der Waals surface area contributed by atoms with E-state index >= 15 is 0 Å². The van der Waals surface area contributed by atoms with Gasteiger partial charge in [-0.05, 0) is 54.8 Å². The maximum absolute atomic E-state index is 11.6. The van der Waals surface area contributed by atoms with E-state index in [9.17, 15) is 4.79 Å². The number of hydrogen-bond donors (Lipinski definition) is 3. The molecule has 0 spiro atoms. The number of nitrogens with two attached hydrogens (primary N) is 1. The average Bonchev–Trinajstić information content (AvgIpc) is 3.23. The van der Waals surface area contributed by atoms with Gasteiger partial charge in [-0.15, -0.1) is 11.3 Å². The molecule has 0 fully saturated rings. The third-order valence-electron chi connectivity index (χ3n) is 5.16. The van der Waals surface area contributed by atoms with Crippen molar-refractivity contribution in [3.8, 4) is 33.9 Å². The minimum atomic E-state index is -0.325. The molecule has 8 heteroatoms. The summed E-state index contributed by atoms with van der Waals surface area (Å²) in [6.45, 7) is 7.33. The lowest BCUT2D eigenvalue weighted by molar-refractivity contribution is -0.111. The number of benzene rings is 2. The summed E-state index contributed by atoms with van der Waals surface area (Å²) in [6.07, 6.45) is 2.90. The Labute approximate surface area is 201 Å². The zero-order valence-electron chi connectivity index (χ0n) is 18.8. The molecule has 0 bridgehead atoms. The number of aromatic nitrogens is 2. The number of carbonyl (C=O) groups excluding carboxylic acids is 1. The number of carbonyl (C=O) groups is 1. The van der Waals surface area contributed by atoms with Crippen molar-refractivity contribution in [2.75, 3.05) is 5.32 Å². The summed E-state index contributed by atoms with van der Waals surface area (Å²) in [5.41, 5.74) is 10.9. The molecular formula is C26H23N5O2S. The second-order valence-electron chi connectivity index (χ2n) is 7.55. The Morgan fingerprint density at radius 3 is 2.56 bits per heavy atom. The third-order valence-corrected chi connectivity index (χ3v) is 5.91. The van der Waals surface area contributed by atoms with E-state index < -0.39 is 0 Å². The SMILES string of the molecule is C=CC(=O)Nc1cc(C)c(-c2cccc(C(=N)N)c2-c2ccc(Oc3csc(C)n3)cc2)cn1. The Kier molecular flexibility index (Phi) is 6.51. The predicted molar refractivity (Wildman–Crippen MR) is 137 cm³/mol. The molecule has 2 aromatic carbocycles. The standard InChI is InChI=1S/C26H23N5O2S/c1-4-23(32)31-22-12-15(2)21(13-29-22)19-6-5-7-20(26(27)28)25(19)17-8-10-18(11-9-17)33-24-14-34-16(3)30-24/h4-14H,1H2,2-3H3,(H3,27,28)(H,29,31,32). The summed E-state index contributed by atoms with van der Waals surface area (Å²) in [4.78, 5) is 20.3. The van der Waals surface area contributed by atoms with Gasteiger partial charge in [0, 0.05) is 22.9 Å². The Morgan fingerprint density at radius 1 is 1.18 bits per heavy atom. The van der Waals surface area contributed by atoms with Crippen LogP contribution in [0, 0.1) is 19.3 Å². The topological polar surface area (TPSA) is 114 Å². The van der Waals surface area contributed by atoms with Gasteiger partial charge in [0.05, 0.1) is 10.4 Å². The Hall–Kier alpha value is -4.30. The van der Waals surface area contributed by atoms with Gasteiger partial charge < -0.3 is 15.8 Å². The van der Waals surface area contributed by atoms with E-state index in [1.54, 1.807) is 12.3 Å². The van der Waals surface area contributed by atoms with Crippen molar-refractivity contribution in [2.24, 2.45) is 5.73 Å². The largest absolute Gasteiger partial charge is 0.438 e. The lowest BCUT2D eigenvalue weighted by atomic mass is 9.89. The molecule has 170 valence electrons. The second-order valence-corrected chi connectivity index (χ2v) is 8.61. The van der Waals surface area contributed by atoms with Crippen LogP contribution in [0.25, 0.3) is 22.3 Å². The monoisotopic (exact) mass is 469 g/mol. The van der Waals surface area contributed by atoms with E-state index in [1.165, 1.54) is 17.4 Å². The first kappa shape index (κ1) is 22.9. The number of nitrogens with one attached hydrogen (secondary N) is 2. The number of amides is 1. The average molecular weight is 470 g/mol. The van der Waals surface area contributed by atoms with E-state index in [0.29, 0.717) is 23.0 Å². The molecule has 0 atom stereocenters. The minimum Gasteiger partial charge on any atom is -0.438 e. The van der Waals surface area contributed by atoms with Crippen molar-refractivity contribution < 1.29 is 9.53 Å². The van der Waals surface area contributed by atoms with Gasteiger partial charge in [-0.25, -0.2) is 9.97 Å². The highest BCUT2D eigenvalue weighted by atomic mass is 32.1. The van der Waals surface area contributed by atoms with Crippen molar-refractivity contribution >= 4 is 28.9 Å². The first-order valence-electron chi connectivity index (χ1n) is 10.4. The molecule has 1 amide bonds. The summed E-state index contributed by atoms with van der Waals surface area (Å²) in [7, 11) is 0. The number of aryl methyl sites for hydroxylation is 2. The zero-order chi connectivity index (χ0) is 24.2. The number of rotatable bonds is 7. The van der Waals surface area contributed by atoms with Gasteiger partial charge >= 0.3 is 0 Å².